The Bertz CT molecular complexity index is 934. The average Bonchev–Trinajstić information content (AvgIpc) is 2.71. The van der Waals surface area contributed by atoms with E-state index in [1.807, 2.05) is 39.0 Å². The summed E-state index contributed by atoms with van der Waals surface area (Å²) in [6.45, 7) is 10.6. The first-order chi connectivity index (χ1) is 14.6. The van der Waals surface area contributed by atoms with E-state index in [0.717, 1.165) is 22.4 Å². The highest BCUT2D eigenvalue weighted by atomic mass is 16.6. The molecular weight excluding hydrogens is 394 g/mol. The van der Waals surface area contributed by atoms with Crippen LogP contribution in [0.1, 0.15) is 54.6 Å². The number of hydrogen-bond donors (Lipinski definition) is 1. The second-order valence-corrected chi connectivity index (χ2v) is 9.06. The van der Waals surface area contributed by atoms with Gasteiger partial charge in [0.25, 0.3) is 0 Å². The molecule has 2 aromatic carbocycles. The zero-order valence-corrected chi connectivity index (χ0v) is 19.3. The predicted molar refractivity (Wildman–Crippen MR) is 119 cm³/mol. The molecule has 168 valence electrons. The monoisotopic (exact) mass is 427 g/mol. The number of amides is 1. The normalized spacial score (nSPS) is 17.1. The van der Waals surface area contributed by atoms with Crippen LogP contribution in [0.3, 0.4) is 0 Å². The molecule has 0 fully saturated rings. The van der Waals surface area contributed by atoms with Gasteiger partial charge < -0.3 is 19.3 Å². The minimum absolute atomic E-state index is 0.424. The summed E-state index contributed by atoms with van der Waals surface area (Å²) in [4.78, 5) is 14.3. The molecule has 3 rings (SSSR count). The number of aliphatic hydroxyl groups is 1. The van der Waals surface area contributed by atoms with Crippen molar-refractivity contribution in [3.8, 4) is 5.75 Å². The van der Waals surface area contributed by atoms with E-state index >= 15 is 0 Å². The van der Waals surface area contributed by atoms with E-state index in [9.17, 15) is 9.90 Å². The fraction of sp³-hybridized carbons (Fsp3) is 0.480. The Hall–Kier alpha value is -2.57. The van der Waals surface area contributed by atoms with Gasteiger partial charge in [-0.05, 0) is 81.0 Å². The van der Waals surface area contributed by atoms with Gasteiger partial charge in [0.2, 0.25) is 0 Å². The van der Waals surface area contributed by atoms with Crippen LogP contribution in [-0.2, 0) is 22.5 Å². The number of carbonyl (C=O) groups excluding carboxylic acids is 1. The highest BCUT2D eigenvalue weighted by molar-refractivity contribution is 5.69. The van der Waals surface area contributed by atoms with Gasteiger partial charge in [-0.25, -0.2) is 4.79 Å². The summed E-state index contributed by atoms with van der Waals surface area (Å²) in [6, 6.07) is 11.4. The molecule has 1 amide bonds. The van der Waals surface area contributed by atoms with Crippen molar-refractivity contribution < 1.29 is 24.1 Å². The van der Waals surface area contributed by atoms with E-state index in [1.54, 1.807) is 0 Å². The first-order valence-corrected chi connectivity index (χ1v) is 10.6. The van der Waals surface area contributed by atoms with E-state index in [2.05, 4.69) is 32.0 Å². The largest absolute Gasteiger partial charge is 0.489 e. The number of aryl methyl sites for hydroxylation is 2. The van der Waals surface area contributed by atoms with Gasteiger partial charge in [0, 0.05) is 13.7 Å². The third kappa shape index (κ3) is 5.57. The van der Waals surface area contributed by atoms with Crippen molar-refractivity contribution >= 4 is 6.09 Å². The minimum atomic E-state index is -1.16. The van der Waals surface area contributed by atoms with Crippen LogP contribution in [0.25, 0.3) is 0 Å². The molecule has 1 aliphatic heterocycles. The lowest BCUT2D eigenvalue weighted by atomic mass is 9.92. The van der Waals surface area contributed by atoms with Crippen molar-refractivity contribution in [1.29, 1.82) is 0 Å². The Labute approximate surface area is 184 Å². The molecule has 2 atom stereocenters. The molecule has 6 nitrogen and oxygen atoms in total. The number of ether oxygens (including phenoxy) is 3. The number of carbonyl (C=O) groups is 1. The van der Waals surface area contributed by atoms with Gasteiger partial charge >= 0.3 is 6.09 Å². The molecule has 6 heteroatoms. The Balaban J connectivity index is 1.80. The smallest absolute Gasteiger partial charge is 0.410 e. The molecule has 1 N–H and O–H groups in total. The van der Waals surface area contributed by atoms with Crippen molar-refractivity contribution in [2.75, 3.05) is 13.7 Å². The quantitative estimate of drug-likeness (QED) is 0.702. The van der Waals surface area contributed by atoms with Gasteiger partial charge in [0.15, 0.2) is 6.29 Å². The van der Waals surface area contributed by atoms with Gasteiger partial charge in [0.1, 0.15) is 24.0 Å². The molecular formula is C25H33NO5. The summed E-state index contributed by atoms with van der Waals surface area (Å²) >= 11 is 0. The summed E-state index contributed by atoms with van der Waals surface area (Å²) < 4.78 is 16.7. The standard InChI is InChI=1S/C25H33NO5/c1-16-7-8-18(13-17(16)2)15-30-20-9-10-21-19(14-20)11-12-26(22(21)23(27)29-6)24(28)31-25(3,4)5/h7-10,13-14,22-23,27H,11-12,15H2,1-6H3/t22-,23+/m1/s1. The van der Waals surface area contributed by atoms with E-state index in [4.69, 9.17) is 14.2 Å². The number of rotatable bonds is 5. The fourth-order valence-electron chi connectivity index (χ4n) is 3.75. The second kappa shape index (κ2) is 9.28. The van der Waals surface area contributed by atoms with Crippen molar-refractivity contribution in [3.05, 3.63) is 64.2 Å². The lowest BCUT2D eigenvalue weighted by molar-refractivity contribution is -0.128. The third-order valence-electron chi connectivity index (χ3n) is 5.51. The first-order valence-electron chi connectivity index (χ1n) is 10.6. The van der Waals surface area contributed by atoms with E-state index in [-0.39, 0.29) is 0 Å². The highest BCUT2D eigenvalue weighted by Crippen LogP contribution is 2.35. The van der Waals surface area contributed by atoms with Crippen LogP contribution in [0.15, 0.2) is 36.4 Å². The van der Waals surface area contributed by atoms with Gasteiger partial charge in [-0.1, -0.05) is 24.3 Å². The maximum absolute atomic E-state index is 12.7. The predicted octanol–water partition coefficient (Wildman–Crippen LogP) is 4.68. The van der Waals surface area contributed by atoms with Crippen molar-refractivity contribution in [2.24, 2.45) is 0 Å². The van der Waals surface area contributed by atoms with Crippen LogP contribution in [0.5, 0.6) is 5.75 Å². The molecule has 1 aliphatic rings. The van der Waals surface area contributed by atoms with Crippen molar-refractivity contribution in [3.63, 3.8) is 0 Å². The molecule has 0 spiro atoms. The van der Waals surface area contributed by atoms with E-state index in [0.29, 0.717) is 19.6 Å². The zero-order valence-electron chi connectivity index (χ0n) is 19.3. The Morgan fingerprint density at radius 3 is 2.55 bits per heavy atom. The highest BCUT2D eigenvalue weighted by Gasteiger charge is 2.38. The molecule has 31 heavy (non-hydrogen) atoms. The summed E-state index contributed by atoms with van der Waals surface area (Å²) in [5, 5.41) is 10.5. The van der Waals surface area contributed by atoms with Crippen molar-refractivity contribution in [2.45, 2.75) is 65.6 Å². The Morgan fingerprint density at radius 1 is 1.16 bits per heavy atom. The number of benzene rings is 2. The molecule has 0 aliphatic carbocycles. The molecule has 0 aromatic heterocycles. The summed E-state index contributed by atoms with van der Waals surface area (Å²) in [5.41, 5.74) is 4.86. The number of fused-ring (bicyclic) bond motifs is 1. The van der Waals surface area contributed by atoms with Crippen LogP contribution in [0, 0.1) is 13.8 Å². The third-order valence-corrected chi connectivity index (χ3v) is 5.51. The van der Waals surface area contributed by atoms with Crippen LogP contribution < -0.4 is 4.74 Å². The SMILES string of the molecule is CO[C@H](O)[C@H]1c2ccc(OCc3ccc(C)c(C)c3)cc2CCN1C(=O)OC(C)(C)C. The fourth-order valence-corrected chi connectivity index (χ4v) is 3.75. The number of hydrogen-bond acceptors (Lipinski definition) is 5. The first kappa shape index (κ1) is 23.1. The zero-order chi connectivity index (χ0) is 22.8. The maximum atomic E-state index is 12.7. The van der Waals surface area contributed by atoms with Gasteiger partial charge in [-0.15, -0.1) is 0 Å². The van der Waals surface area contributed by atoms with Crippen molar-refractivity contribution in [1.82, 2.24) is 4.90 Å². The second-order valence-electron chi connectivity index (χ2n) is 9.06. The van der Waals surface area contributed by atoms with E-state index < -0.39 is 24.0 Å². The van der Waals surface area contributed by atoms with Crippen LogP contribution in [-0.4, -0.2) is 41.6 Å². The molecule has 0 radical (unpaired) electrons. The topological polar surface area (TPSA) is 68.2 Å². The maximum Gasteiger partial charge on any atom is 0.410 e. The lowest BCUT2D eigenvalue weighted by Crippen LogP contribution is -2.47. The van der Waals surface area contributed by atoms with Crippen LogP contribution in [0.2, 0.25) is 0 Å². The number of methoxy groups -OCH3 is 1. The number of aliphatic hydroxyl groups excluding tert-OH is 1. The molecule has 1 heterocycles. The molecule has 0 unspecified atom stereocenters. The lowest BCUT2D eigenvalue weighted by Gasteiger charge is -2.39. The summed E-state index contributed by atoms with van der Waals surface area (Å²) in [6.07, 6.45) is -0.981. The van der Waals surface area contributed by atoms with E-state index in [1.165, 1.54) is 23.1 Å². The van der Waals surface area contributed by atoms with Gasteiger partial charge in [-0.3, -0.25) is 4.90 Å². The van der Waals surface area contributed by atoms with Crippen LogP contribution >= 0.6 is 0 Å². The molecule has 0 bridgehead atoms. The Morgan fingerprint density at radius 2 is 1.90 bits per heavy atom. The van der Waals surface area contributed by atoms with Gasteiger partial charge in [0.05, 0.1) is 0 Å². The van der Waals surface area contributed by atoms with Crippen LogP contribution in [0.4, 0.5) is 4.79 Å². The minimum Gasteiger partial charge on any atom is -0.489 e. The molecule has 2 aromatic rings. The summed E-state index contributed by atoms with van der Waals surface area (Å²) in [5.74, 6) is 0.758. The average molecular weight is 428 g/mol. The number of nitrogens with zero attached hydrogens (tertiary/aromatic N) is 1. The molecule has 0 saturated carbocycles. The Kier molecular flexibility index (Phi) is 6.92. The summed E-state index contributed by atoms with van der Waals surface area (Å²) in [7, 11) is 1.42. The molecule has 0 saturated heterocycles. The van der Waals surface area contributed by atoms with Gasteiger partial charge in [-0.2, -0.15) is 0 Å².